The molecule has 8 heteroatoms. The summed E-state index contributed by atoms with van der Waals surface area (Å²) in [5.41, 5.74) is 6.22. The number of hydrogen-bond donors (Lipinski definition) is 1. The molecule has 1 saturated heterocycles. The van der Waals surface area contributed by atoms with Gasteiger partial charge in [0.25, 0.3) is 0 Å². The predicted octanol–water partition coefficient (Wildman–Crippen LogP) is 1.69. The topological polar surface area (TPSA) is 89.7 Å². The van der Waals surface area contributed by atoms with Crippen LogP contribution in [0.25, 0.3) is 0 Å². The van der Waals surface area contributed by atoms with E-state index in [1.165, 1.54) is 10.4 Å². The fraction of sp³-hybridized carbons (Fsp3) is 0.278. The smallest absolute Gasteiger partial charge is 0.243 e. The van der Waals surface area contributed by atoms with E-state index >= 15 is 0 Å². The van der Waals surface area contributed by atoms with Crippen molar-refractivity contribution in [2.24, 2.45) is 5.73 Å². The molecule has 1 fully saturated rings. The van der Waals surface area contributed by atoms with Crippen molar-refractivity contribution in [1.29, 1.82) is 0 Å². The normalized spacial score (nSPS) is 18.1. The highest BCUT2D eigenvalue weighted by molar-refractivity contribution is 7.89. The fourth-order valence-electron chi connectivity index (χ4n) is 2.82. The Labute approximate surface area is 159 Å². The van der Waals surface area contributed by atoms with Gasteiger partial charge in [-0.2, -0.15) is 4.31 Å². The van der Waals surface area contributed by atoms with Crippen LogP contribution in [0.15, 0.2) is 59.5 Å². The second-order valence-electron chi connectivity index (χ2n) is 5.78. The molecule has 2 N–H and O–H groups in total. The van der Waals surface area contributed by atoms with Crippen LogP contribution < -0.4 is 5.73 Å². The maximum absolute atomic E-state index is 13.1. The minimum Gasteiger partial charge on any atom is -0.374 e. The van der Waals surface area contributed by atoms with Gasteiger partial charge in [-0.3, -0.25) is 4.79 Å². The number of carbonyl (C=O) groups is 1. The van der Waals surface area contributed by atoms with Crippen molar-refractivity contribution in [1.82, 2.24) is 4.31 Å². The summed E-state index contributed by atoms with van der Waals surface area (Å²) in [5, 5.41) is 0. The average molecular weight is 397 g/mol. The van der Waals surface area contributed by atoms with Gasteiger partial charge >= 0.3 is 0 Å². The van der Waals surface area contributed by atoms with Crippen molar-refractivity contribution in [2.45, 2.75) is 11.0 Å². The molecule has 2 aromatic carbocycles. The van der Waals surface area contributed by atoms with Crippen LogP contribution in [0.1, 0.15) is 15.9 Å². The standard InChI is InChI=1S/C18H20N2O4S.ClH/c19-12-15-13-20(10-11-24-15)25(22,23)17-9-5-4-8-16(17)18(21)14-6-2-1-3-7-14;/h1-9,15H,10-13,19H2;1H. The van der Waals surface area contributed by atoms with Crippen LogP contribution in [0, 0.1) is 0 Å². The summed E-state index contributed by atoms with van der Waals surface area (Å²) in [4.78, 5) is 12.8. The van der Waals surface area contributed by atoms with Crippen LogP contribution in [0.4, 0.5) is 0 Å². The lowest BCUT2D eigenvalue weighted by atomic mass is 10.0. The third kappa shape index (κ3) is 4.13. The molecule has 1 atom stereocenters. The van der Waals surface area contributed by atoms with Gasteiger partial charge in [-0.05, 0) is 12.1 Å². The van der Waals surface area contributed by atoms with E-state index in [4.69, 9.17) is 10.5 Å². The maximum atomic E-state index is 13.1. The van der Waals surface area contributed by atoms with Crippen molar-refractivity contribution in [3.8, 4) is 0 Å². The molecule has 2 aromatic rings. The van der Waals surface area contributed by atoms with Crippen molar-refractivity contribution in [3.05, 3.63) is 65.7 Å². The third-order valence-electron chi connectivity index (χ3n) is 4.15. The number of ether oxygens (including phenoxy) is 1. The number of carbonyl (C=O) groups excluding carboxylic acids is 1. The van der Waals surface area contributed by atoms with Crippen molar-refractivity contribution >= 4 is 28.2 Å². The van der Waals surface area contributed by atoms with Gasteiger partial charge in [-0.1, -0.05) is 42.5 Å². The van der Waals surface area contributed by atoms with Crippen molar-refractivity contribution < 1.29 is 17.9 Å². The van der Waals surface area contributed by atoms with Crippen molar-refractivity contribution in [2.75, 3.05) is 26.2 Å². The molecule has 0 saturated carbocycles. The molecule has 0 aromatic heterocycles. The Bertz CT molecular complexity index is 859. The summed E-state index contributed by atoms with van der Waals surface area (Å²) in [6, 6.07) is 14.9. The number of hydrogen-bond acceptors (Lipinski definition) is 5. The Morgan fingerprint density at radius 1 is 1.12 bits per heavy atom. The van der Waals surface area contributed by atoms with Crippen LogP contribution in [-0.4, -0.2) is 50.9 Å². The largest absolute Gasteiger partial charge is 0.374 e. The van der Waals surface area contributed by atoms with Crippen LogP contribution in [0.5, 0.6) is 0 Å². The van der Waals surface area contributed by atoms with Gasteiger partial charge in [-0.25, -0.2) is 8.42 Å². The molecule has 6 nitrogen and oxygen atoms in total. The van der Waals surface area contributed by atoms with E-state index in [1.807, 2.05) is 0 Å². The summed E-state index contributed by atoms with van der Waals surface area (Å²) in [6.45, 7) is 0.964. The Morgan fingerprint density at radius 3 is 2.46 bits per heavy atom. The molecule has 0 radical (unpaired) electrons. The molecule has 140 valence electrons. The van der Waals surface area contributed by atoms with Crippen LogP contribution in [0.2, 0.25) is 0 Å². The summed E-state index contributed by atoms with van der Waals surface area (Å²) in [5.74, 6) is -0.316. The molecular formula is C18H21ClN2O4S. The highest BCUT2D eigenvalue weighted by atomic mass is 35.5. The van der Waals surface area contributed by atoms with E-state index in [-0.39, 0.29) is 61.0 Å². The van der Waals surface area contributed by atoms with Crippen LogP contribution in [0.3, 0.4) is 0 Å². The van der Waals surface area contributed by atoms with E-state index in [0.717, 1.165) is 0 Å². The Morgan fingerprint density at radius 2 is 1.77 bits per heavy atom. The zero-order chi connectivity index (χ0) is 17.9. The number of sulfonamides is 1. The Kier molecular flexibility index (Phi) is 6.91. The summed E-state index contributed by atoms with van der Waals surface area (Å²) in [7, 11) is -3.81. The molecule has 0 spiro atoms. The minimum atomic E-state index is -3.81. The van der Waals surface area contributed by atoms with Crippen molar-refractivity contribution in [3.63, 3.8) is 0 Å². The number of morpholine rings is 1. The second kappa shape index (κ2) is 8.75. The lowest BCUT2D eigenvalue weighted by molar-refractivity contribution is 0.00450. The van der Waals surface area contributed by atoms with Gasteiger partial charge in [0.05, 0.1) is 17.6 Å². The number of nitrogens with two attached hydrogens (primary N) is 1. The van der Waals surface area contributed by atoms with Gasteiger partial charge in [0, 0.05) is 30.8 Å². The zero-order valence-electron chi connectivity index (χ0n) is 14.1. The summed E-state index contributed by atoms with van der Waals surface area (Å²) >= 11 is 0. The first-order valence-corrected chi connectivity index (χ1v) is 9.48. The number of rotatable bonds is 5. The molecule has 0 amide bonds. The molecular weight excluding hydrogens is 376 g/mol. The number of halogens is 1. The van der Waals surface area contributed by atoms with Gasteiger partial charge in [0.2, 0.25) is 10.0 Å². The van der Waals surface area contributed by atoms with Gasteiger partial charge in [0.15, 0.2) is 5.78 Å². The average Bonchev–Trinajstić information content (AvgIpc) is 2.68. The van der Waals surface area contributed by atoms with Crippen LogP contribution >= 0.6 is 12.4 Å². The minimum absolute atomic E-state index is 0. The predicted molar refractivity (Wildman–Crippen MR) is 101 cm³/mol. The first kappa shape index (κ1) is 20.5. The lowest BCUT2D eigenvalue weighted by Gasteiger charge is -2.31. The monoisotopic (exact) mass is 396 g/mol. The number of benzene rings is 2. The van der Waals surface area contributed by atoms with Crippen LogP contribution in [-0.2, 0) is 14.8 Å². The highest BCUT2D eigenvalue weighted by Crippen LogP contribution is 2.24. The summed E-state index contributed by atoms with van der Waals surface area (Å²) in [6.07, 6.45) is -0.333. The molecule has 0 bridgehead atoms. The zero-order valence-corrected chi connectivity index (χ0v) is 15.7. The third-order valence-corrected chi connectivity index (χ3v) is 6.07. The highest BCUT2D eigenvalue weighted by Gasteiger charge is 2.33. The Balaban J connectivity index is 0.00000243. The first-order chi connectivity index (χ1) is 12.0. The number of nitrogens with zero attached hydrogens (tertiary/aromatic N) is 1. The van der Waals surface area contributed by atoms with E-state index in [2.05, 4.69) is 0 Å². The van der Waals surface area contributed by atoms with E-state index in [9.17, 15) is 13.2 Å². The SMILES string of the molecule is Cl.NCC1CN(S(=O)(=O)c2ccccc2C(=O)c2ccccc2)CCO1. The molecule has 26 heavy (non-hydrogen) atoms. The summed E-state index contributed by atoms with van der Waals surface area (Å²) < 4.78 is 32.9. The molecule has 3 rings (SSSR count). The van der Waals surface area contributed by atoms with E-state index in [1.54, 1.807) is 48.5 Å². The molecule has 1 unspecified atom stereocenters. The second-order valence-corrected chi connectivity index (χ2v) is 7.69. The maximum Gasteiger partial charge on any atom is 0.243 e. The molecule has 1 aliphatic rings. The quantitative estimate of drug-likeness (QED) is 0.777. The fourth-order valence-corrected chi connectivity index (χ4v) is 4.46. The van der Waals surface area contributed by atoms with Gasteiger partial charge in [0.1, 0.15) is 0 Å². The lowest BCUT2D eigenvalue weighted by Crippen LogP contribution is -2.48. The van der Waals surface area contributed by atoms with E-state index < -0.39 is 10.0 Å². The molecule has 1 heterocycles. The first-order valence-electron chi connectivity index (χ1n) is 8.04. The van der Waals surface area contributed by atoms with Gasteiger partial charge < -0.3 is 10.5 Å². The molecule has 1 aliphatic heterocycles. The van der Waals surface area contributed by atoms with E-state index in [0.29, 0.717) is 5.56 Å². The van der Waals surface area contributed by atoms with Gasteiger partial charge in [-0.15, -0.1) is 12.4 Å². The Hall–Kier alpha value is -1.77. The number of ketones is 1. The molecule has 0 aliphatic carbocycles.